The number of ketones is 2. The maximum absolute atomic E-state index is 13.3. The number of carbonyl (C=O) groups excluding carboxylic acids is 2. The minimum atomic E-state index is -1.30. The van der Waals surface area contributed by atoms with Crippen LogP contribution in [-0.4, -0.2) is 23.0 Å². The van der Waals surface area contributed by atoms with Gasteiger partial charge in [0.05, 0.1) is 11.8 Å². The van der Waals surface area contributed by atoms with Gasteiger partial charge in [0.1, 0.15) is 0 Å². The van der Waals surface area contributed by atoms with Crippen molar-refractivity contribution >= 4 is 35.3 Å². The summed E-state index contributed by atoms with van der Waals surface area (Å²) in [5.41, 5.74) is 1.95. The van der Waals surface area contributed by atoms with Crippen molar-refractivity contribution in [2.45, 2.75) is 5.92 Å². The zero-order valence-corrected chi connectivity index (χ0v) is 18.5. The van der Waals surface area contributed by atoms with E-state index in [2.05, 4.69) is 0 Å². The van der Waals surface area contributed by atoms with Crippen molar-refractivity contribution in [1.29, 1.82) is 0 Å². The minimum Gasteiger partial charge on any atom is -0.294 e. The first-order valence-corrected chi connectivity index (χ1v) is 10.7. The Morgan fingerprint density at radius 1 is 0.788 bits per heavy atom. The molecular formula is C27H22ClNO4. The average molecular weight is 460 g/mol. The lowest BCUT2D eigenvalue weighted by atomic mass is 9.80. The van der Waals surface area contributed by atoms with E-state index in [0.717, 1.165) is 11.1 Å². The van der Waals surface area contributed by atoms with Crippen LogP contribution < -0.4 is 0 Å². The number of hydrogen-bond donors (Lipinski definition) is 0. The molecule has 0 aliphatic heterocycles. The molecule has 0 amide bonds. The van der Waals surface area contributed by atoms with Crippen LogP contribution in [0.1, 0.15) is 22.6 Å². The van der Waals surface area contributed by atoms with Crippen LogP contribution in [0.5, 0.6) is 0 Å². The van der Waals surface area contributed by atoms with E-state index in [1.54, 1.807) is 36.4 Å². The van der Waals surface area contributed by atoms with Gasteiger partial charge in [-0.15, -0.1) is 0 Å². The largest absolute Gasteiger partial charge is 0.294 e. The van der Waals surface area contributed by atoms with Gasteiger partial charge in [-0.3, -0.25) is 19.7 Å². The van der Waals surface area contributed by atoms with Crippen LogP contribution in [0.25, 0.3) is 12.2 Å². The van der Waals surface area contributed by atoms with Gasteiger partial charge in [0.2, 0.25) is 6.54 Å². The van der Waals surface area contributed by atoms with Gasteiger partial charge >= 0.3 is 0 Å². The third kappa shape index (κ3) is 6.82. The van der Waals surface area contributed by atoms with Gasteiger partial charge in [0.25, 0.3) is 0 Å². The van der Waals surface area contributed by atoms with E-state index < -0.39 is 34.9 Å². The molecule has 0 spiro atoms. The number of nitro groups is 1. The lowest BCUT2D eigenvalue weighted by Gasteiger charge is -2.21. The fourth-order valence-corrected chi connectivity index (χ4v) is 3.82. The first kappa shape index (κ1) is 23.8. The van der Waals surface area contributed by atoms with Crippen molar-refractivity contribution < 1.29 is 14.5 Å². The molecule has 3 aromatic carbocycles. The number of halogens is 1. The summed E-state index contributed by atoms with van der Waals surface area (Å²) in [5, 5.41) is 11.8. The zero-order valence-electron chi connectivity index (χ0n) is 17.7. The summed E-state index contributed by atoms with van der Waals surface area (Å²) in [5.74, 6) is -3.36. The molecule has 0 aliphatic carbocycles. The second-order valence-corrected chi connectivity index (χ2v) is 7.82. The molecule has 2 atom stereocenters. The molecule has 3 aromatic rings. The molecular weight excluding hydrogens is 438 g/mol. The molecule has 5 nitrogen and oxygen atoms in total. The molecule has 0 radical (unpaired) electrons. The molecule has 0 fully saturated rings. The number of allylic oxidation sites excluding steroid dienone is 2. The van der Waals surface area contributed by atoms with E-state index in [9.17, 15) is 19.7 Å². The monoisotopic (exact) mass is 459 g/mol. The Kier molecular flexibility index (Phi) is 8.44. The minimum absolute atomic E-state index is 0.272. The molecule has 0 N–H and O–H groups in total. The average Bonchev–Trinajstić information content (AvgIpc) is 2.82. The fraction of sp³-hybridized carbons (Fsp3) is 0.111. The van der Waals surface area contributed by atoms with Gasteiger partial charge in [-0.25, -0.2) is 0 Å². The van der Waals surface area contributed by atoms with E-state index in [-0.39, 0.29) is 5.02 Å². The van der Waals surface area contributed by atoms with Crippen molar-refractivity contribution in [1.82, 2.24) is 0 Å². The highest BCUT2D eigenvalue weighted by Gasteiger charge is 2.37. The Hall–Kier alpha value is -3.83. The highest BCUT2D eigenvalue weighted by Crippen LogP contribution is 2.33. The summed E-state index contributed by atoms with van der Waals surface area (Å²) >= 11 is 6.32. The van der Waals surface area contributed by atoms with Gasteiger partial charge in [-0.1, -0.05) is 103 Å². The molecule has 166 valence electrons. The Balaban J connectivity index is 2.01. The molecule has 0 aromatic heterocycles. The first-order valence-electron chi connectivity index (χ1n) is 10.4. The third-order valence-corrected chi connectivity index (χ3v) is 5.49. The molecule has 3 rings (SSSR count). The lowest BCUT2D eigenvalue weighted by Crippen LogP contribution is -2.32. The number of hydrogen-bond acceptors (Lipinski definition) is 4. The van der Waals surface area contributed by atoms with Crippen LogP contribution in [-0.2, 0) is 9.59 Å². The van der Waals surface area contributed by atoms with Crippen LogP contribution in [0.2, 0.25) is 5.02 Å². The fourth-order valence-electron chi connectivity index (χ4n) is 3.55. The van der Waals surface area contributed by atoms with Gasteiger partial charge in [0.15, 0.2) is 11.6 Å². The van der Waals surface area contributed by atoms with Crippen molar-refractivity contribution in [2.24, 2.45) is 5.92 Å². The number of nitrogens with zero attached hydrogens (tertiary/aromatic N) is 1. The molecule has 0 saturated carbocycles. The second-order valence-electron chi connectivity index (χ2n) is 7.41. The summed E-state index contributed by atoms with van der Waals surface area (Å²) in [4.78, 5) is 37.5. The number of benzene rings is 3. The smallest absolute Gasteiger partial charge is 0.211 e. The van der Waals surface area contributed by atoms with E-state index in [4.69, 9.17) is 11.6 Å². The molecule has 6 heteroatoms. The van der Waals surface area contributed by atoms with Crippen LogP contribution in [0.15, 0.2) is 97.1 Å². The van der Waals surface area contributed by atoms with Crippen molar-refractivity contribution in [3.63, 3.8) is 0 Å². The Bertz CT molecular complexity index is 1110. The summed E-state index contributed by atoms with van der Waals surface area (Å²) in [6, 6.07) is 24.9. The van der Waals surface area contributed by atoms with Gasteiger partial charge in [-0.05, 0) is 34.9 Å². The van der Waals surface area contributed by atoms with Crippen molar-refractivity contribution in [2.75, 3.05) is 6.54 Å². The van der Waals surface area contributed by atoms with Crippen LogP contribution in [0, 0.1) is 16.0 Å². The van der Waals surface area contributed by atoms with Crippen LogP contribution in [0.3, 0.4) is 0 Å². The topological polar surface area (TPSA) is 77.3 Å². The molecule has 33 heavy (non-hydrogen) atoms. The Labute approximate surface area is 197 Å². The van der Waals surface area contributed by atoms with Crippen LogP contribution >= 0.6 is 11.6 Å². The highest BCUT2D eigenvalue weighted by atomic mass is 35.5. The van der Waals surface area contributed by atoms with Gasteiger partial charge < -0.3 is 0 Å². The van der Waals surface area contributed by atoms with Crippen LogP contribution in [0.4, 0.5) is 0 Å². The normalized spacial score (nSPS) is 13.1. The van der Waals surface area contributed by atoms with E-state index in [0.29, 0.717) is 5.56 Å². The van der Waals surface area contributed by atoms with E-state index in [1.165, 1.54) is 12.2 Å². The second kappa shape index (κ2) is 11.7. The first-order chi connectivity index (χ1) is 16.0. The molecule has 0 bridgehead atoms. The molecule has 0 aliphatic rings. The maximum Gasteiger partial charge on any atom is 0.211 e. The predicted molar refractivity (Wildman–Crippen MR) is 131 cm³/mol. The zero-order chi connectivity index (χ0) is 23.6. The summed E-state index contributed by atoms with van der Waals surface area (Å²) in [7, 11) is 0. The van der Waals surface area contributed by atoms with E-state index >= 15 is 0 Å². The summed E-state index contributed by atoms with van der Waals surface area (Å²) in [6.45, 7) is -0.607. The molecule has 0 saturated heterocycles. The summed E-state index contributed by atoms with van der Waals surface area (Å²) in [6.07, 6.45) is 5.80. The van der Waals surface area contributed by atoms with E-state index in [1.807, 2.05) is 60.7 Å². The lowest BCUT2D eigenvalue weighted by molar-refractivity contribution is -0.484. The SMILES string of the molecule is O=C(/C=C\c1ccccc1)C(C(=O)/C=C/c1ccccc1)[C@H](C[N+](=O)[O-])c1ccccc1Cl. The van der Waals surface area contributed by atoms with Gasteiger partial charge in [-0.2, -0.15) is 0 Å². The Morgan fingerprint density at radius 2 is 1.24 bits per heavy atom. The molecule has 0 heterocycles. The maximum atomic E-state index is 13.3. The predicted octanol–water partition coefficient (Wildman–Crippen LogP) is 5.88. The highest BCUT2D eigenvalue weighted by molar-refractivity contribution is 6.31. The quantitative estimate of drug-likeness (QED) is 0.164. The van der Waals surface area contributed by atoms with Gasteiger partial charge in [0, 0.05) is 9.95 Å². The third-order valence-electron chi connectivity index (χ3n) is 5.15. The standard InChI is InChI=1S/C27H22ClNO4/c28-24-14-8-7-13-22(24)23(19-29(32)33)27(25(30)17-15-20-9-3-1-4-10-20)26(31)18-16-21-11-5-2-6-12-21/h1-18,23,27H,19H2/b17-15-,18-16+/t23-,27?/m1/s1. The number of rotatable bonds is 10. The molecule has 1 unspecified atom stereocenters. The van der Waals surface area contributed by atoms with Crippen molar-refractivity contribution in [3.8, 4) is 0 Å². The Morgan fingerprint density at radius 3 is 1.70 bits per heavy atom. The summed E-state index contributed by atoms with van der Waals surface area (Å²) < 4.78 is 0. The van der Waals surface area contributed by atoms with Crippen molar-refractivity contribution in [3.05, 3.63) is 129 Å². The number of carbonyl (C=O) groups is 2.